The molecule has 8 rings (SSSR count). The number of aliphatic hydroxyl groups excluding tert-OH is 1. The predicted molar refractivity (Wildman–Crippen MR) is 263 cm³/mol. The number of piperidine rings is 1. The maximum Gasteiger partial charge on any atom is 0.410 e. The molecule has 10 atom stereocenters. The van der Waals surface area contributed by atoms with E-state index in [-0.39, 0.29) is 23.5 Å². The number of fused-ring (bicyclic) bond motifs is 5. The van der Waals surface area contributed by atoms with Gasteiger partial charge in [-0.05, 0) is 180 Å². The summed E-state index contributed by atoms with van der Waals surface area (Å²) in [5.41, 5.74) is 4.49. The zero-order chi connectivity index (χ0) is 44.4. The van der Waals surface area contributed by atoms with Crippen LogP contribution in [0, 0.1) is 55.8 Å². The van der Waals surface area contributed by atoms with Gasteiger partial charge in [-0.3, -0.25) is 0 Å². The number of allylic oxidation sites excluding steroid dienone is 1. The molecule has 3 aromatic carbocycles. The van der Waals surface area contributed by atoms with Gasteiger partial charge < -0.3 is 24.2 Å². The van der Waals surface area contributed by atoms with E-state index in [1.165, 1.54) is 51.4 Å². The summed E-state index contributed by atoms with van der Waals surface area (Å²) in [6.45, 7) is 14.2. The standard InChI is InChI=1S/C56H76INO5/c1-38(2)11-10-12-39(3)49-25-26-50-48-24-19-44-37-47(27-32-54(44,4)51(48)28-33-55(49,50)5)63-53(60)58-34-29-40(30-35-58)52(59)31-36-62-56(41-13-8-7-9-14-41,42-15-20-45(57)21-16-42)43-17-22-46(61-6)23-18-43/h7-9,13-23,38-40,47-52,59H,10-12,24-37H2,1-6H3/t39-,47+,48?,49-,50?,51?,52?,54?,55-,56?/m0/s1. The molecule has 3 aromatic rings. The first-order chi connectivity index (χ1) is 30.4. The Kier molecular flexibility index (Phi) is 14.7. The lowest BCUT2D eigenvalue weighted by Crippen LogP contribution is -2.51. The van der Waals surface area contributed by atoms with Gasteiger partial charge in [0, 0.05) is 23.1 Å². The van der Waals surface area contributed by atoms with E-state index in [9.17, 15) is 9.90 Å². The molecule has 6 unspecified atom stereocenters. The summed E-state index contributed by atoms with van der Waals surface area (Å²) in [5.74, 6) is 5.83. The average Bonchev–Trinajstić information content (AvgIpc) is 3.66. The number of benzene rings is 3. The molecule has 1 heterocycles. The van der Waals surface area contributed by atoms with Crippen LogP contribution in [0.5, 0.6) is 5.75 Å². The van der Waals surface area contributed by atoms with Crippen LogP contribution in [0.15, 0.2) is 90.5 Å². The number of aliphatic hydroxyl groups is 1. The van der Waals surface area contributed by atoms with Crippen LogP contribution in [0.4, 0.5) is 4.79 Å². The lowest BCUT2D eigenvalue weighted by atomic mass is 9.47. The fraction of sp³-hybridized carbons (Fsp3) is 0.625. The lowest BCUT2D eigenvalue weighted by Gasteiger charge is -2.58. The zero-order valence-electron chi connectivity index (χ0n) is 39.2. The molecule has 6 nitrogen and oxygen atoms in total. The Bertz CT molecular complexity index is 1990. The van der Waals surface area contributed by atoms with Crippen molar-refractivity contribution in [1.82, 2.24) is 4.90 Å². The van der Waals surface area contributed by atoms with E-state index in [4.69, 9.17) is 14.2 Å². The number of hydrogen-bond donors (Lipinski definition) is 1. The summed E-state index contributed by atoms with van der Waals surface area (Å²) in [5, 5.41) is 11.6. The van der Waals surface area contributed by atoms with Crippen molar-refractivity contribution in [2.75, 3.05) is 26.8 Å². The topological polar surface area (TPSA) is 68.2 Å². The summed E-state index contributed by atoms with van der Waals surface area (Å²) in [7, 11) is 1.68. The second-order valence-electron chi connectivity index (χ2n) is 21.3. The van der Waals surface area contributed by atoms with Gasteiger partial charge in [-0.15, -0.1) is 0 Å². The van der Waals surface area contributed by atoms with Crippen LogP contribution < -0.4 is 4.74 Å². The maximum absolute atomic E-state index is 13.7. The molecule has 1 aliphatic heterocycles. The summed E-state index contributed by atoms with van der Waals surface area (Å²) in [4.78, 5) is 15.6. The first kappa shape index (κ1) is 46.6. The van der Waals surface area contributed by atoms with Gasteiger partial charge >= 0.3 is 6.09 Å². The molecular weight excluding hydrogens is 894 g/mol. The van der Waals surface area contributed by atoms with E-state index in [1.807, 2.05) is 23.1 Å². The quantitative estimate of drug-likeness (QED) is 0.0934. The van der Waals surface area contributed by atoms with Crippen molar-refractivity contribution in [2.24, 2.45) is 52.3 Å². The number of rotatable bonds is 15. The van der Waals surface area contributed by atoms with Crippen LogP contribution in [0.3, 0.4) is 0 Å². The fourth-order valence-corrected chi connectivity index (χ4v) is 14.3. The summed E-state index contributed by atoms with van der Waals surface area (Å²) in [6.07, 6.45) is 17.8. The molecule has 4 fully saturated rings. The summed E-state index contributed by atoms with van der Waals surface area (Å²) in [6, 6.07) is 27.0. The highest BCUT2D eigenvalue weighted by atomic mass is 127. The molecule has 0 spiro atoms. The minimum Gasteiger partial charge on any atom is -0.497 e. The van der Waals surface area contributed by atoms with Crippen molar-refractivity contribution in [3.63, 3.8) is 0 Å². The largest absolute Gasteiger partial charge is 0.497 e. The summed E-state index contributed by atoms with van der Waals surface area (Å²) < 4.78 is 20.0. The second-order valence-corrected chi connectivity index (χ2v) is 22.6. The minimum absolute atomic E-state index is 0.0473. The molecule has 0 aromatic heterocycles. The number of carbonyl (C=O) groups is 1. The first-order valence-electron chi connectivity index (χ1n) is 24.8. The van der Waals surface area contributed by atoms with Crippen LogP contribution in [0.25, 0.3) is 0 Å². The maximum atomic E-state index is 13.7. The normalized spacial score (nSPS) is 30.3. The third-order valence-corrected chi connectivity index (χ3v) is 18.2. The third kappa shape index (κ3) is 9.55. The van der Waals surface area contributed by atoms with Gasteiger partial charge in [0.1, 0.15) is 17.5 Å². The zero-order valence-corrected chi connectivity index (χ0v) is 41.4. The van der Waals surface area contributed by atoms with E-state index in [1.54, 1.807) is 12.7 Å². The molecule has 4 aliphatic carbocycles. The van der Waals surface area contributed by atoms with Crippen molar-refractivity contribution < 1.29 is 24.1 Å². The lowest BCUT2D eigenvalue weighted by molar-refractivity contribution is -0.0599. The Morgan fingerprint density at radius 2 is 1.51 bits per heavy atom. The van der Waals surface area contributed by atoms with E-state index < -0.39 is 11.7 Å². The van der Waals surface area contributed by atoms with Crippen LogP contribution in [-0.4, -0.2) is 55.1 Å². The van der Waals surface area contributed by atoms with E-state index >= 15 is 0 Å². The van der Waals surface area contributed by atoms with Gasteiger partial charge in [0.25, 0.3) is 0 Å². The number of halogens is 1. The fourth-order valence-electron chi connectivity index (χ4n) is 13.9. The summed E-state index contributed by atoms with van der Waals surface area (Å²) >= 11 is 2.34. The molecule has 63 heavy (non-hydrogen) atoms. The van der Waals surface area contributed by atoms with Gasteiger partial charge in [-0.2, -0.15) is 0 Å². The molecule has 1 N–H and O–H groups in total. The molecule has 7 heteroatoms. The first-order valence-corrected chi connectivity index (χ1v) is 25.9. The third-order valence-electron chi connectivity index (χ3n) is 17.5. The van der Waals surface area contributed by atoms with Crippen molar-refractivity contribution in [3.8, 4) is 5.75 Å². The number of ether oxygens (including phenoxy) is 3. The van der Waals surface area contributed by atoms with Gasteiger partial charge in [-0.1, -0.05) is 120 Å². The molecule has 1 saturated heterocycles. The molecule has 0 bridgehead atoms. The number of hydrogen-bond acceptors (Lipinski definition) is 5. The minimum atomic E-state index is -0.876. The number of methoxy groups -OCH3 is 1. The predicted octanol–water partition coefficient (Wildman–Crippen LogP) is 13.6. The molecule has 342 valence electrons. The smallest absolute Gasteiger partial charge is 0.410 e. The van der Waals surface area contributed by atoms with Crippen LogP contribution >= 0.6 is 22.6 Å². The van der Waals surface area contributed by atoms with Gasteiger partial charge in [-0.25, -0.2) is 4.79 Å². The Morgan fingerprint density at radius 3 is 2.19 bits per heavy atom. The number of nitrogens with zero attached hydrogens (tertiary/aromatic N) is 1. The Labute approximate surface area is 393 Å². The Balaban J connectivity index is 0.843. The van der Waals surface area contributed by atoms with Gasteiger partial charge in [0.15, 0.2) is 0 Å². The second kappa shape index (κ2) is 19.9. The van der Waals surface area contributed by atoms with Crippen LogP contribution in [0.1, 0.15) is 141 Å². The number of carbonyl (C=O) groups excluding carboxylic acids is 1. The van der Waals surface area contributed by atoms with Crippen molar-refractivity contribution >= 4 is 28.7 Å². The molecule has 1 amide bonds. The number of likely N-dealkylation sites (tertiary alicyclic amines) is 1. The highest BCUT2D eigenvalue weighted by Crippen LogP contribution is 2.67. The van der Waals surface area contributed by atoms with Crippen molar-refractivity contribution in [1.29, 1.82) is 0 Å². The number of amides is 1. The van der Waals surface area contributed by atoms with Gasteiger partial charge in [0.05, 0.1) is 19.8 Å². The average molecular weight is 970 g/mol. The van der Waals surface area contributed by atoms with Gasteiger partial charge in [0.2, 0.25) is 0 Å². The van der Waals surface area contributed by atoms with E-state index in [0.29, 0.717) is 31.5 Å². The Morgan fingerprint density at radius 1 is 0.825 bits per heavy atom. The van der Waals surface area contributed by atoms with Crippen LogP contribution in [0.2, 0.25) is 0 Å². The Hall–Kier alpha value is -2.88. The van der Waals surface area contributed by atoms with Crippen molar-refractivity contribution in [2.45, 2.75) is 142 Å². The molecule has 3 saturated carbocycles. The van der Waals surface area contributed by atoms with E-state index in [2.05, 4.69) is 124 Å². The monoisotopic (exact) mass is 969 g/mol. The van der Waals surface area contributed by atoms with Crippen LogP contribution in [-0.2, 0) is 15.1 Å². The van der Waals surface area contributed by atoms with Crippen molar-refractivity contribution in [3.05, 3.63) is 111 Å². The molecule has 5 aliphatic rings. The van der Waals surface area contributed by atoms with E-state index in [0.717, 1.165) is 93.6 Å². The molecule has 0 radical (unpaired) electrons. The highest BCUT2D eigenvalue weighted by Gasteiger charge is 2.59. The molecular formula is C56H76INO5. The highest BCUT2D eigenvalue weighted by molar-refractivity contribution is 14.1. The SMILES string of the molecule is COc1ccc(C(OCCC(O)C2CCN(C(=O)O[C@@H]3CCC4(C)C(=CCC5C4CC[C@]4(C)C5CC[C@H]4[C@@H](C)CCCC(C)C)C3)CC2)(c2ccccc2)c2ccc(I)cc2)cc1.